The second-order valence-corrected chi connectivity index (χ2v) is 3.44. The van der Waals surface area contributed by atoms with Crippen LogP contribution in [0.2, 0.25) is 0 Å². The number of carbonyl (C=O) groups excluding carboxylic acids is 1. The Kier molecular flexibility index (Phi) is 3.36. The lowest BCUT2D eigenvalue weighted by Gasteiger charge is -2.24. The largest absolute Gasteiger partial charge is 0.397 e. The number of amides is 1. The minimum absolute atomic E-state index is 0.0927. The van der Waals surface area contributed by atoms with E-state index >= 15 is 0 Å². The highest BCUT2D eigenvalue weighted by molar-refractivity contribution is 5.76. The highest BCUT2D eigenvalue weighted by Crippen LogP contribution is 2.21. The first kappa shape index (κ1) is 11.3. The summed E-state index contributed by atoms with van der Waals surface area (Å²) in [4.78, 5) is 12.3. The van der Waals surface area contributed by atoms with Gasteiger partial charge < -0.3 is 10.2 Å². The van der Waals surface area contributed by atoms with Crippen molar-refractivity contribution in [2.45, 2.75) is 25.1 Å². The molecule has 1 N–H and O–H groups in total. The monoisotopic (exact) mass is 210 g/mol. The Morgan fingerprint density at radius 3 is 2.64 bits per heavy atom. The third-order valence-corrected chi connectivity index (χ3v) is 2.33. The molecule has 1 fully saturated rings. The van der Waals surface area contributed by atoms with E-state index in [1.807, 2.05) is 0 Å². The van der Waals surface area contributed by atoms with E-state index in [9.17, 15) is 18.0 Å². The number of halogens is 3. The van der Waals surface area contributed by atoms with Crippen molar-refractivity contribution in [3.8, 4) is 0 Å². The molecule has 0 aromatic rings. The molecule has 1 aliphatic rings. The lowest BCUT2D eigenvalue weighted by molar-refractivity contribution is -0.161. The molecule has 14 heavy (non-hydrogen) atoms. The van der Waals surface area contributed by atoms with Crippen LogP contribution in [0.25, 0.3) is 0 Å². The molecule has 1 rings (SSSR count). The zero-order valence-corrected chi connectivity index (χ0v) is 7.90. The van der Waals surface area contributed by atoms with E-state index in [1.54, 1.807) is 0 Å². The van der Waals surface area contributed by atoms with Crippen LogP contribution in [0.1, 0.15) is 12.8 Å². The summed E-state index contributed by atoms with van der Waals surface area (Å²) in [5.74, 6) is -0.855. The Labute approximate surface area is 80.3 Å². The van der Waals surface area contributed by atoms with Gasteiger partial charge in [0, 0.05) is 19.6 Å². The molecule has 0 bridgehead atoms. The van der Waals surface area contributed by atoms with Crippen LogP contribution in [0.3, 0.4) is 0 Å². The van der Waals surface area contributed by atoms with Gasteiger partial charge in [0.05, 0.1) is 0 Å². The first-order valence-electron chi connectivity index (χ1n) is 4.43. The number of carbonyl (C=O) groups is 1. The summed E-state index contributed by atoms with van der Waals surface area (Å²) in [7, 11) is 1.42. The molecule has 1 saturated heterocycles. The Hall–Kier alpha value is -0.780. The van der Waals surface area contributed by atoms with E-state index in [-0.39, 0.29) is 6.04 Å². The van der Waals surface area contributed by atoms with Crippen molar-refractivity contribution in [2.75, 3.05) is 20.1 Å². The van der Waals surface area contributed by atoms with Gasteiger partial charge in [-0.05, 0) is 13.0 Å². The van der Waals surface area contributed by atoms with Crippen LogP contribution in [-0.2, 0) is 4.79 Å². The molecule has 1 heterocycles. The average molecular weight is 210 g/mol. The third-order valence-electron chi connectivity index (χ3n) is 2.33. The Balaban J connectivity index is 2.43. The van der Waals surface area contributed by atoms with Gasteiger partial charge in [-0.3, -0.25) is 4.79 Å². The fourth-order valence-corrected chi connectivity index (χ4v) is 1.47. The molecule has 3 nitrogen and oxygen atoms in total. The molecule has 0 aromatic carbocycles. The number of nitrogens with zero attached hydrogens (tertiary/aromatic N) is 1. The fourth-order valence-electron chi connectivity index (χ4n) is 1.47. The van der Waals surface area contributed by atoms with Crippen molar-refractivity contribution >= 4 is 5.91 Å². The SMILES string of the molecule is CN(C(=O)CC(F)(F)F)C1CCNC1. The van der Waals surface area contributed by atoms with Crippen molar-refractivity contribution < 1.29 is 18.0 Å². The second-order valence-electron chi connectivity index (χ2n) is 3.44. The zero-order valence-electron chi connectivity index (χ0n) is 7.90. The van der Waals surface area contributed by atoms with Gasteiger partial charge in [0.2, 0.25) is 5.91 Å². The highest BCUT2D eigenvalue weighted by Gasteiger charge is 2.34. The van der Waals surface area contributed by atoms with E-state index in [0.717, 1.165) is 13.0 Å². The molecular weight excluding hydrogens is 197 g/mol. The van der Waals surface area contributed by atoms with Crippen molar-refractivity contribution in [1.29, 1.82) is 0 Å². The Morgan fingerprint density at radius 1 is 1.57 bits per heavy atom. The molecule has 82 valence electrons. The van der Waals surface area contributed by atoms with E-state index in [0.29, 0.717) is 6.54 Å². The standard InChI is InChI=1S/C8H13F3N2O/c1-13(6-2-3-12-5-6)7(14)4-8(9,10)11/h6,12H,2-5H2,1H3. The predicted octanol–water partition coefficient (Wildman–Crippen LogP) is 0.759. The molecule has 6 heteroatoms. The number of nitrogens with one attached hydrogen (secondary N) is 1. The normalized spacial score (nSPS) is 22.4. The van der Waals surface area contributed by atoms with Crippen LogP contribution in [0.15, 0.2) is 0 Å². The molecule has 1 aliphatic heterocycles. The summed E-state index contributed by atoms with van der Waals surface area (Å²) in [6, 6.07) is -0.0927. The summed E-state index contributed by atoms with van der Waals surface area (Å²) in [5.41, 5.74) is 0. The predicted molar refractivity (Wildman–Crippen MR) is 44.7 cm³/mol. The average Bonchev–Trinajstić information content (AvgIpc) is 2.51. The van der Waals surface area contributed by atoms with Gasteiger partial charge in [-0.15, -0.1) is 0 Å². The van der Waals surface area contributed by atoms with Crippen LogP contribution in [0, 0.1) is 0 Å². The van der Waals surface area contributed by atoms with Gasteiger partial charge in [0.1, 0.15) is 6.42 Å². The number of alkyl halides is 3. The molecule has 0 saturated carbocycles. The fraction of sp³-hybridized carbons (Fsp3) is 0.875. The molecule has 0 radical (unpaired) electrons. The number of likely N-dealkylation sites (N-methyl/N-ethyl adjacent to an activating group) is 1. The molecule has 1 unspecified atom stereocenters. The van der Waals surface area contributed by atoms with Gasteiger partial charge in [-0.25, -0.2) is 0 Å². The number of hydrogen-bond donors (Lipinski definition) is 1. The van der Waals surface area contributed by atoms with Gasteiger partial charge >= 0.3 is 6.18 Å². The smallest absolute Gasteiger partial charge is 0.341 e. The Bertz CT molecular complexity index is 211. The minimum atomic E-state index is -4.41. The van der Waals surface area contributed by atoms with Crippen molar-refractivity contribution in [1.82, 2.24) is 10.2 Å². The lowest BCUT2D eigenvalue weighted by Crippen LogP contribution is -2.40. The maximum atomic E-state index is 11.9. The highest BCUT2D eigenvalue weighted by atomic mass is 19.4. The summed E-state index contributed by atoms with van der Waals surface area (Å²) >= 11 is 0. The van der Waals surface area contributed by atoms with Gasteiger partial charge in [0.25, 0.3) is 0 Å². The van der Waals surface area contributed by atoms with Gasteiger partial charge in [-0.2, -0.15) is 13.2 Å². The maximum Gasteiger partial charge on any atom is 0.397 e. The number of hydrogen-bond acceptors (Lipinski definition) is 2. The van der Waals surface area contributed by atoms with E-state index < -0.39 is 18.5 Å². The van der Waals surface area contributed by atoms with Crippen LogP contribution in [0.4, 0.5) is 13.2 Å². The summed E-state index contributed by atoms with van der Waals surface area (Å²) in [5, 5.41) is 3.00. The van der Waals surface area contributed by atoms with Crippen molar-refractivity contribution in [3.63, 3.8) is 0 Å². The summed E-state index contributed by atoms with van der Waals surface area (Å²) in [6.07, 6.45) is -5.04. The minimum Gasteiger partial charge on any atom is -0.341 e. The van der Waals surface area contributed by atoms with Crippen LogP contribution >= 0.6 is 0 Å². The first-order chi connectivity index (χ1) is 6.40. The molecule has 1 amide bonds. The van der Waals surface area contributed by atoms with Gasteiger partial charge in [0.15, 0.2) is 0 Å². The van der Waals surface area contributed by atoms with E-state index in [4.69, 9.17) is 0 Å². The van der Waals surface area contributed by atoms with E-state index in [1.165, 1.54) is 11.9 Å². The van der Waals surface area contributed by atoms with Crippen molar-refractivity contribution in [2.24, 2.45) is 0 Å². The topological polar surface area (TPSA) is 32.3 Å². The van der Waals surface area contributed by atoms with Crippen LogP contribution in [-0.4, -0.2) is 43.2 Å². The summed E-state index contributed by atoms with van der Waals surface area (Å²) in [6.45, 7) is 1.34. The molecule has 1 atom stereocenters. The number of rotatable bonds is 2. The van der Waals surface area contributed by atoms with E-state index in [2.05, 4.69) is 5.32 Å². The maximum absolute atomic E-state index is 11.9. The van der Waals surface area contributed by atoms with Crippen molar-refractivity contribution in [3.05, 3.63) is 0 Å². The van der Waals surface area contributed by atoms with Crippen LogP contribution in [0.5, 0.6) is 0 Å². The molecular formula is C8H13F3N2O. The lowest BCUT2D eigenvalue weighted by atomic mass is 10.2. The zero-order chi connectivity index (χ0) is 10.8. The summed E-state index contributed by atoms with van der Waals surface area (Å²) < 4.78 is 35.7. The van der Waals surface area contributed by atoms with Gasteiger partial charge in [-0.1, -0.05) is 0 Å². The molecule has 0 aromatic heterocycles. The Morgan fingerprint density at radius 2 is 2.21 bits per heavy atom. The molecule has 0 aliphatic carbocycles. The third kappa shape index (κ3) is 3.17. The molecule has 0 spiro atoms. The van der Waals surface area contributed by atoms with Crippen LogP contribution < -0.4 is 5.32 Å². The quantitative estimate of drug-likeness (QED) is 0.729. The first-order valence-corrected chi connectivity index (χ1v) is 4.43. The second kappa shape index (κ2) is 4.16.